The maximum atomic E-state index is 12.3. The Balaban J connectivity index is 1.86. The van der Waals surface area contributed by atoms with Gasteiger partial charge in [0.1, 0.15) is 5.76 Å². The molecule has 1 saturated carbocycles. The van der Waals surface area contributed by atoms with Crippen molar-refractivity contribution in [2.24, 2.45) is 22.1 Å². The first-order valence-corrected chi connectivity index (χ1v) is 7.30. The van der Waals surface area contributed by atoms with Crippen LogP contribution < -0.4 is 0 Å². The van der Waals surface area contributed by atoms with Crippen LogP contribution in [-0.4, -0.2) is 22.0 Å². The molecule has 22 heavy (non-hydrogen) atoms. The normalized spacial score (nSPS) is 24.8. The van der Waals surface area contributed by atoms with Crippen LogP contribution in [0.1, 0.15) is 36.0 Å². The van der Waals surface area contributed by atoms with Crippen LogP contribution in [0.3, 0.4) is 0 Å². The minimum atomic E-state index is -1.05. The number of ketones is 1. The highest BCUT2D eigenvalue weighted by Gasteiger charge is 2.43. The fourth-order valence-corrected chi connectivity index (χ4v) is 3.16. The molecule has 114 valence electrons. The molecule has 1 fully saturated rings. The molecule has 0 amide bonds. The lowest BCUT2D eigenvalue weighted by Gasteiger charge is -2.23. The Labute approximate surface area is 127 Å². The highest BCUT2D eigenvalue weighted by Crippen LogP contribution is 2.43. The second-order valence-corrected chi connectivity index (χ2v) is 5.65. The number of rotatable bonds is 3. The summed E-state index contributed by atoms with van der Waals surface area (Å²) in [5.41, 5.74) is 0.460. The summed E-state index contributed by atoms with van der Waals surface area (Å²) in [6.07, 6.45) is 3.58. The SMILES string of the molecule is O=C(O)c1cccc(N=NC2=C(O)C3CCCCC3C2=O)c1. The van der Waals surface area contributed by atoms with E-state index in [-0.39, 0.29) is 34.6 Å². The third kappa shape index (κ3) is 2.52. The standard InChI is InChI=1S/C16H16N2O4/c19-14-11-6-1-2-7-12(11)15(20)13(14)18-17-10-5-3-4-9(8-10)16(21)22/h3-5,8,11-12,19H,1-2,6-7H2,(H,21,22). The molecule has 0 spiro atoms. The molecule has 1 aromatic rings. The molecule has 6 nitrogen and oxygen atoms in total. The van der Waals surface area contributed by atoms with Crippen molar-refractivity contribution in [1.82, 2.24) is 0 Å². The lowest BCUT2D eigenvalue weighted by molar-refractivity contribution is -0.120. The summed E-state index contributed by atoms with van der Waals surface area (Å²) in [5.74, 6) is -1.47. The molecule has 0 bridgehead atoms. The molecule has 2 aliphatic carbocycles. The van der Waals surface area contributed by atoms with Crippen LogP contribution in [0.25, 0.3) is 0 Å². The zero-order valence-electron chi connectivity index (χ0n) is 11.9. The van der Waals surface area contributed by atoms with Gasteiger partial charge in [-0.1, -0.05) is 18.9 Å². The average Bonchev–Trinajstić information content (AvgIpc) is 2.78. The van der Waals surface area contributed by atoms with E-state index >= 15 is 0 Å². The summed E-state index contributed by atoms with van der Waals surface area (Å²) >= 11 is 0. The highest BCUT2D eigenvalue weighted by molar-refractivity contribution is 6.00. The second kappa shape index (κ2) is 5.71. The molecule has 0 aromatic heterocycles. The Hall–Kier alpha value is -2.50. The largest absolute Gasteiger partial charge is 0.510 e. The Morgan fingerprint density at radius 3 is 2.55 bits per heavy atom. The first-order valence-electron chi connectivity index (χ1n) is 7.30. The Morgan fingerprint density at radius 1 is 1.14 bits per heavy atom. The molecule has 2 atom stereocenters. The zero-order valence-corrected chi connectivity index (χ0v) is 11.9. The van der Waals surface area contributed by atoms with Crippen LogP contribution in [0.5, 0.6) is 0 Å². The minimum absolute atomic E-state index is 0.0256. The third-order valence-corrected chi connectivity index (χ3v) is 4.29. The number of hydrogen-bond acceptors (Lipinski definition) is 5. The number of aliphatic hydroxyl groups excluding tert-OH is 1. The quantitative estimate of drug-likeness (QED) is 0.832. The van der Waals surface area contributed by atoms with E-state index in [0.29, 0.717) is 5.69 Å². The number of azo groups is 1. The Bertz CT molecular complexity index is 693. The molecule has 1 aromatic carbocycles. The van der Waals surface area contributed by atoms with Gasteiger partial charge in [0.25, 0.3) is 0 Å². The third-order valence-electron chi connectivity index (χ3n) is 4.29. The number of carbonyl (C=O) groups is 2. The molecule has 0 saturated heterocycles. The lowest BCUT2D eigenvalue weighted by atomic mass is 9.80. The van der Waals surface area contributed by atoms with E-state index in [9.17, 15) is 14.7 Å². The van der Waals surface area contributed by atoms with Crippen molar-refractivity contribution in [3.63, 3.8) is 0 Å². The molecule has 0 aliphatic heterocycles. The molecule has 2 unspecified atom stereocenters. The van der Waals surface area contributed by atoms with Crippen molar-refractivity contribution in [1.29, 1.82) is 0 Å². The monoisotopic (exact) mass is 300 g/mol. The van der Waals surface area contributed by atoms with E-state index in [1.807, 2.05) is 0 Å². The molecular weight excluding hydrogens is 284 g/mol. The van der Waals surface area contributed by atoms with Gasteiger partial charge in [-0.2, -0.15) is 5.11 Å². The van der Waals surface area contributed by atoms with Gasteiger partial charge < -0.3 is 10.2 Å². The minimum Gasteiger partial charge on any atom is -0.510 e. The van der Waals surface area contributed by atoms with E-state index in [1.54, 1.807) is 12.1 Å². The van der Waals surface area contributed by atoms with Gasteiger partial charge in [0.05, 0.1) is 11.3 Å². The number of fused-ring (bicyclic) bond motifs is 1. The number of nitrogens with zero attached hydrogens (tertiary/aromatic N) is 2. The number of allylic oxidation sites excluding steroid dienone is 2. The van der Waals surface area contributed by atoms with Crippen LogP contribution in [0.15, 0.2) is 46.0 Å². The van der Waals surface area contributed by atoms with Crippen molar-refractivity contribution >= 4 is 17.4 Å². The van der Waals surface area contributed by atoms with Crippen molar-refractivity contribution < 1.29 is 19.8 Å². The number of benzene rings is 1. The van der Waals surface area contributed by atoms with Crippen molar-refractivity contribution in [2.75, 3.05) is 0 Å². The van der Waals surface area contributed by atoms with Gasteiger partial charge in [0.15, 0.2) is 11.5 Å². The predicted molar refractivity (Wildman–Crippen MR) is 78.0 cm³/mol. The highest BCUT2D eigenvalue weighted by atomic mass is 16.4. The summed E-state index contributed by atoms with van der Waals surface area (Å²) in [7, 11) is 0. The van der Waals surface area contributed by atoms with Gasteiger partial charge in [-0.3, -0.25) is 4.79 Å². The van der Waals surface area contributed by atoms with Crippen LogP contribution in [0, 0.1) is 11.8 Å². The first kappa shape index (κ1) is 14.4. The lowest BCUT2D eigenvalue weighted by Crippen LogP contribution is -2.21. The maximum absolute atomic E-state index is 12.3. The van der Waals surface area contributed by atoms with Crippen molar-refractivity contribution in [2.45, 2.75) is 25.7 Å². The number of aromatic carboxylic acids is 1. The molecule has 2 aliphatic rings. The Morgan fingerprint density at radius 2 is 1.86 bits per heavy atom. The van der Waals surface area contributed by atoms with Crippen molar-refractivity contribution in [3.8, 4) is 0 Å². The van der Waals surface area contributed by atoms with E-state index in [4.69, 9.17) is 5.11 Å². The molecule has 0 heterocycles. The maximum Gasteiger partial charge on any atom is 0.335 e. The van der Waals surface area contributed by atoms with Crippen LogP contribution >= 0.6 is 0 Å². The number of carboxylic acids is 1. The molecule has 0 radical (unpaired) electrons. The number of Topliss-reactive ketones (excluding diaryl/α,β-unsaturated/α-hetero) is 1. The molecular formula is C16H16N2O4. The zero-order chi connectivity index (χ0) is 15.7. The molecule has 2 N–H and O–H groups in total. The Kier molecular flexibility index (Phi) is 3.75. The van der Waals surface area contributed by atoms with Gasteiger partial charge in [-0.15, -0.1) is 5.11 Å². The van der Waals surface area contributed by atoms with Crippen LogP contribution in [-0.2, 0) is 4.79 Å². The van der Waals surface area contributed by atoms with E-state index < -0.39 is 5.97 Å². The summed E-state index contributed by atoms with van der Waals surface area (Å²) in [4.78, 5) is 23.2. The summed E-state index contributed by atoms with van der Waals surface area (Å²) in [6, 6.07) is 5.98. The fraction of sp³-hybridized carbons (Fsp3) is 0.375. The predicted octanol–water partition coefficient (Wildman–Crippen LogP) is 3.63. The van der Waals surface area contributed by atoms with E-state index in [0.717, 1.165) is 25.7 Å². The topological polar surface area (TPSA) is 99.3 Å². The van der Waals surface area contributed by atoms with Crippen molar-refractivity contribution in [3.05, 3.63) is 41.3 Å². The first-order chi connectivity index (χ1) is 10.6. The summed E-state index contributed by atoms with van der Waals surface area (Å²) in [5, 5.41) is 26.9. The van der Waals surface area contributed by atoms with Gasteiger partial charge >= 0.3 is 5.97 Å². The number of aliphatic hydroxyl groups is 1. The van der Waals surface area contributed by atoms with Gasteiger partial charge in [-0.05, 0) is 31.0 Å². The fourth-order valence-electron chi connectivity index (χ4n) is 3.16. The smallest absolute Gasteiger partial charge is 0.335 e. The number of carbonyl (C=O) groups excluding carboxylic acids is 1. The number of hydrogen-bond donors (Lipinski definition) is 2. The van der Waals surface area contributed by atoms with Gasteiger partial charge in [0.2, 0.25) is 0 Å². The second-order valence-electron chi connectivity index (χ2n) is 5.65. The van der Waals surface area contributed by atoms with Crippen LogP contribution in [0.4, 0.5) is 5.69 Å². The summed E-state index contributed by atoms with van der Waals surface area (Å²) < 4.78 is 0. The molecule has 3 rings (SSSR count). The van der Waals surface area contributed by atoms with E-state index in [2.05, 4.69) is 10.2 Å². The molecule has 6 heteroatoms. The van der Waals surface area contributed by atoms with Gasteiger partial charge in [-0.25, -0.2) is 4.79 Å². The van der Waals surface area contributed by atoms with Crippen LogP contribution in [0.2, 0.25) is 0 Å². The van der Waals surface area contributed by atoms with E-state index in [1.165, 1.54) is 12.1 Å². The van der Waals surface area contributed by atoms with Gasteiger partial charge in [0, 0.05) is 11.8 Å². The average molecular weight is 300 g/mol. The summed E-state index contributed by atoms with van der Waals surface area (Å²) in [6.45, 7) is 0. The number of carboxylic acid groups (broad SMARTS) is 1.